The van der Waals surface area contributed by atoms with Gasteiger partial charge in [-0.3, -0.25) is 4.79 Å². The highest BCUT2D eigenvalue weighted by atomic mass is 32.1. The monoisotopic (exact) mass is 438 g/mol. The summed E-state index contributed by atoms with van der Waals surface area (Å²) in [6.07, 6.45) is 1.57. The summed E-state index contributed by atoms with van der Waals surface area (Å²) in [5.74, 6) is 0.203. The number of thiocarbonyl (C=S) groups is 1. The first-order valence-electron chi connectivity index (χ1n) is 10.9. The average Bonchev–Trinajstić information content (AvgIpc) is 3.20. The van der Waals surface area contributed by atoms with E-state index in [4.69, 9.17) is 17.0 Å². The fraction of sp³-hybridized carbons (Fsp3) is 0.417. The van der Waals surface area contributed by atoms with Crippen LogP contribution in [0.2, 0.25) is 0 Å². The van der Waals surface area contributed by atoms with Gasteiger partial charge in [-0.15, -0.1) is 0 Å². The molecule has 2 saturated heterocycles. The Balaban J connectivity index is 1.34. The fourth-order valence-corrected chi connectivity index (χ4v) is 4.48. The molecule has 1 atom stereocenters. The van der Waals surface area contributed by atoms with Crippen LogP contribution in [0.25, 0.3) is 0 Å². The van der Waals surface area contributed by atoms with Gasteiger partial charge >= 0.3 is 0 Å². The van der Waals surface area contributed by atoms with Gasteiger partial charge < -0.3 is 25.2 Å². The number of ether oxygens (including phenoxy) is 1. The highest BCUT2D eigenvalue weighted by Gasteiger charge is 2.23. The van der Waals surface area contributed by atoms with Crippen LogP contribution >= 0.6 is 12.2 Å². The lowest BCUT2D eigenvalue weighted by molar-refractivity contribution is -0.117. The van der Waals surface area contributed by atoms with Crippen molar-refractivity contribution < 1.29 is 9.53 Å². The molecule has 6 nitrogen and oxygen atoms in total. The number of rotatable bonds is 5. The molecule has 0 bridgehead atoms. The second-order valence-corrected chi connectivity index (χ2v) is 8.57. The molecular formula is C24H30N4O2S. The molecule has 0 unspecified atom stereocenters. The summed E-state index contributed by atoms with van der Waals surface area (Å²) in [6.45, 7) is 8.37. The summed E-state index contributed by atoms with van der Waals surface area (Å²) in [6, 6.07) is 14.7. The van der Waals surface area contributed by atoms with Gasteiger partial charge in [-0.05, 0) is 73.9 Å². The molecule has 0 aliphatic carbocycles. The summed E-state index contributed by atoms with van der Waals surface area (Å²) in [4.78, 5) is 16.2. The van der Waals surface area contributed by atoms with Gasteiger partial charge in [0.15, 0.2) is 5.11 Å². The Bertz CT molecular complexity index is 941. The number of carbonyl (C=O) groups is 1. The van der Waals surface area contributed by atoms with Crippen molar-refractivity contribution in [2.75, 3.05) is 48.0 Å². The third-order valence-electron chi connectivity index (χ3n) is 5.94. The molecule has 164 valence electrons. The fourth-order valence-electron chi connectivity index (χ4n) is 4.18. The van der Waals surface area contributed by atoms with Crippen molar-refractivity contribution in [3.05, 3.63) is 53.6 Å². The number of aryl methyl sites for hydroxylation is 1. The van der Waals surface area contributed by atoms with E-state index < -0.39 is 0 Å². The summed E-state index contributed by atoms with van der Waals surface area (Å²) in [5.41, 5.74) is 5.38. The lowest BCUT2D eigenvalue weighted by Crippen LogP contribution is -2.36. The zero-order chi connectivity index (χ0) is 21.8. The largest absolute Gasteiger partial charge is 0.378 e. The first kappa shape index (κ1) is 21.6. The predicted molar refractivity (Wildman–Crippen MR) is 130 cm³/mol. The van der Waals surface area contributed by atoms with Gasteiger partial charge in [0.05, 0.1) is 19.3 Å². The van der Waals surface area contributed by atoms with Crippen molar-refractivity contribution in [1.82, 2.24) is 5.32 Å². The molecule has 0 radical (unpaired) electrons. The van der Waals surface area contributed by atoms with E-state index in [-0.39, 0.29) is 11.9 Å². The predicted octanol–water partition coefficient (Wildman–Crippen LogP) is 4.01. The van der Waals surface area contributed by atoms with Gasteiger partial charge in [-0.25, -0.2) is 0 Å². The lowest BCUT2D eigenvalue weighted by Gasteiger charge is -2.29. The molecule has 31 heavy (non-hydrogen) atoms. The van der Waals surface area contributed by atoms with Crippen LogP contribution in [0, 0.1) is 6.92 Å². The number of nitrogens with zero attached hydrogens (tertiary/aromatic N) is 2. The van der Waals surface area contributed by atoms with Gasteiger partial charge in [0, 0.05) is 43.1 Å². The molecule has 1 amide bonds. The quantitative estimate of drug-likeness (QED) is 0.688. The van der Waals surface area contributed by atoms with Gasteiger partial charge in [0.1, 0.15) is 0 Å². The zero-order valence-electron chi connectivity index (χ0n) is 18.2. The number of carbonyl (C=O) groups excluding carboxylic acids is 1. The number of benzene rings is 2. The van der Waals surface area contributed by atoms with Crippen LogP contribution in [-0.4, -0.2) is 43.9 Å². The second kappa shape index (κ2) is 9.66. The standard InChI is InChI=1S/C24H30N4O2S/c1-17-16-20(7-10-22(17)28-11-3-4-23(28)29)26-24(31)25-18(2)19-5-8-21(9-6-19)27-12-14-30-15-13-27/h5-10,16,18H,3-4,11-15H2,1-2H3,(H2,25,26,31)/t18-/m0/s1. The third kappa shape index (κ3) is 5.17. The molecule has 2 aromatic carbocycles. The Morgan fingerprint density at radius 2 is 1.84 bits per heavy atom. The topological polar surface area (TPSA) is 56.8 Å². The summed E-state index contributed by atoms with van der Waals surface area (Å²) in [7, 11) is 0. The molecule has 2 aliphatic rings. The van der Waals surface area contributed by atoms with Crippen LogP contribution in [-0.2, 0) is 9.53 Å². The van der Waals surface area contributed by atoms with Gasteiger partial charge in [0.25, 0.3) is 0 Å². The maximum atomic E-state index is 12.0. The highest BCUT2D eigenvalue weighted by Crippen LogP contribution is 2.27. The molecule has 7 heteroatoms. The number of hydrogen-bond donors (Lipinski definition) is 2. The average molecular weight is 439 g/mol. The van der Waals surface area contributed by atoms with Crippen LogP contribution < -0.4 is 20.4 Å². The molecule has 2 heterocycles. The highest BCUT2D eigenvalue weighted by molar-refractivity contribution is 7.80. The number of amides is 1. The van der Waals surface area contributed by atoms with E-state index in [9.17, 15) is 4.79 Å². The van der Waals surface area contributed by atoms with Gasteiger partial charge in [-0.1, -0.05) is 12.1 Å². The van der Waals surface area contributed by atoms with E-state index in [1.54, 1.807) is 0 Å². The molecular weight excluding hydrogens is 408 g/mol. The van der Waals surface area contributed by atoms with Crippen molar-refractivity contribution in [1.29, 1.82) is 0 Å². The molecule has 2 aliphatic heterocycles. The SMILES string of the molecule is Cc1cc(NC(=S)N[C@@H](C)c2ccc(N3CCOCC3)cc2)ccc1N1CCCC1=O. The molecule has 2 aromatic rings. The number of anilines is 3. The maximum Gasteiger partial charge on any atom is 0.227 e. The Kier molecular flexibility index (Phi) is 6.73. The Labute approximate surface area is 189 Å². The second-order valence-electron chi connectivity index (χ2n) is 8.16. The van der Waals surface area contributed by atoms with E-state index in [2.05, 4.69) is 46.7 Å². The number of nitrogens with one attached hydrogen (secondary N) is 2. The lowest BCUT2D eigenvalue weighted by atomic mass is 10.1. The van der Waals surface area contributed by atoms with E-state index in [1.165, 1.54) is 11.3 Å². The Morgan fingerprint density at radius 3 is 2.48 bits per heavy atom. The summed E-state index contributed by atoms with van der Waals surface area (Å²) in [5, 5.41) is 7.21. The van der Waals surface area contributed by atoms with E-state index in [0.717, 1.165) is 56.2 Å². The smallest absolute Gasteiger partial charge is 0.227 e. The van der Waals surface area contributed by atoms with Crippen molar-refractivity contribution in [3.8, 4) is 0 Å². The summed E-state index contributed by atoms with van der Waals surface area (Å²) >= 11 is 5.53. The van der Waals surface area contributed by atoms with Crippen LogP contribution in [0.3, 0.4) is 0 Å². The van der Waals surface area contributed by atoms with E-state index in [0.29, 0.717) is 11.5 Å². The minimum Gasteiger partial charge on any atom is -0.378 e. The van der Waals surface area contributed by atoms with Crippen LogP contribution in [0.4, 0.5) is 17.1 Å². The molecule has 2 fully saturated rings. The number of morpholine rings is 1. The first-order chi connectivity index (χ1) is 15.0. The third-order valence-corrected chi connectivity index (χ3v) is 6.16. The normalized spacial score (nSPS) is 17.5. The Hall–Kier alpha value is -2.64. The minimum atomic E-state index is 0.0846. The van der Waals surface area contributed by atoms with Crippen molar-refractivity contribution in [2.24, 2.45) is 0 Å². The molecule has 2 N–H and O–H groups in total. The maximum absolute atomic E-state index is 12.0. The minimum absolute atomic E-state index is 0.0846. The van der Waals surface area contributed by atoms with Crippen LogP contribution in [0.1, 0.15) is 36.9 Å². The van der Waals surface area contributed by atoms with Crippen molar-refractivity contribution >= 4 is 40.3 Å². The Morgan fingerprint density at radius 1 is 1.10 bits per heavy atom. The van der Waals surface area contributed by atoms with Crippen LogP contribution in [0.5, 0.6) is 0 Å². The van der Waals surface area contributed by atoms with Gasteiger partial charge in [-0.2, -0.15) is 0 Å². The molecule has 0 aromatic heterocycles. The zero-order valence-corrected chi connectivity index (χ0v) is 19.0. The molecule has 0 spiro atoms. The molecule has 0 saturated carbocycles. The van der Waals surface area contributed by atoms with Crippen molar-refractivity contribution in [2.45, 2.75) is 32.7 Å². The van der Waals surface area contributed by atoms with E-state index >= 15 is 0 Å². The first-order valence-corrected chi connectivity index (χ1v) is 11.3. The van der Waals surface area contributed by atoms with E-state index in [1.807, 2.05) is 30.0 Å². The summed E-state index contributed by atoms with van der Waals surface area (Å²) < 4.78 is 5.43. The molecule has 4 rings (SSSR count). The van der Waals surface area contributed by atoms with Crippen LogP contribution in [0.15, 0.2) is 42.5 Å². The van der Waals surface area contributed by atoms with Gasteiger partial charge in [0.2, 0.25) is 5.91 Å². The number of hydrogen-bond acceptors (Lipinski definition) is 4. The van der Waals surface area contributed by atoms with Crippen molar-refractivity contribution in [3.63, 3.8) is 0 Å².